The number of hydrogen-bond acceptors (Lipinski definition) is 4. The van der Waals surface area contributed by atoms with Crippen LogP contribution < -0.4 is 11.1 Å². The predicted octanol–water partition coefficient (Wildman–Crippen LogP) is 2.73. The Kier molecular flexibility index (Phi) is 3.06. The number of aromatic nitrogens is 2. The summed E-state index contributed by atoms with van der Waals surface area (Å²) in [6, 6.07) is 3.86. The van der Waals surface area contributed by atoms with Gasteiger partial charge in [0.15, 0.2) is 11.6 Å². The molecule has 1 aromatic carbocycles. The van der Waals surface area contributed by atoms with E-state index in [-0.39, 0.29) is 17.5 Å². The molecule has 0 radical (unpaired) electrons. The van der Waals surface area contributed by atoms with Gasteiger partial charge in [-0.05, 0) is 18.2 Å². The summed E-state index contributed by atoms with van der Waals surface area (Å²) >= 11 is 5.70. The van der Waals surface area contributed by atoms with Crippen molar-refractivity contribution in [3.8, 4) is 0 Å². The van der Waals surface area contributed by atoms with Crippen LogP contribution in [-0.4, -0.2) is 9.97 Å². The Labute approximate surface area is 100 Å². The summed E-state index contributed by atoms with van der Waals surface area (Å²) in [7, 11) is 0. The van der Waals surface area contributed by atoms with Crippen LogP contribution in [0.3, 0.4) is 0 Å². The van der Waals surface area contributed by atoms with Crippen LogP contribution >= 0.6 is 11.6 Å². The van der Waals surface area contributed by atoms with Gasteiger partial charge in [0.2, 0.25) is 5.95 Å². The molecule has 0 saturated heterocycles. The Morgan fingerprint density at radius 1 is 1.24 bits per heavy atom. The second-order valence-corrected chi connectivity index (χ2v) is 3.61. The largest absolute Gasteiger partial charge is 0.368 e. The van der Waals surface area contributed by atoms with Gasteiger partial charge in [-0.3, -0.25) is 0 Å². The highest BCUT2D eigenvalue weighted by molar-refractivity contribution is 6.30. The lowest BCUT2D eigenvalue weighted by molar-refractivity contribution is 0.616. The number of hydrogen-bond donors (Lipinski definition) is 2. The van der Waals surface area contributed by atoms with Gasteiger partial charge in [-0.15, -0.1) is 0 Å². The van der Waals surface area contributed by atoms with Crippen LogP contribution in [0.4, 0.5) is 26.2 Å². The third-order valence-electron chi connectivity index (χ3n) is 1.94. The van der Waals surface area contributed by atoms with Crippen molar-refractivity contribution in [1.82, 2.24) is 9.97 Å². The van der Waals surface area contributed by atoms with Gasteiger partial charge in [0.05, 0.1) is 11.9 Å². The van der Waals surface area contributed by atoms with E-state index in [9.17, 15) is 8.78 Å². The van der Waals surface area contributed by atoms with Crippen molar-refractivity contribution in [1.29, 1.82) is 0 Å². The van der Waals surface area contributed by atoms with Gasteiger partial charge >= 0.3 is 0 Å². The van der Waals surface area contributed by atoms with E-state index >= 15 is 0 Å². The fourth-order valence-corrected chi connectivity index (χ4v) is 1.36. The average Bonchev–Trinajstić information content (AvgIpc) is 2.28. The van der Waals surface area contributed by atoms with Gasteiger partial charge < -0.3 is 11.1 Å². The van der Waals surface area contributed by atoms with Gasteiger partial charge in [-0.1, -0.05) is 11.6 Å². The molecule has 7 heteroatoms. The van der Waals surface area contributed by atoms with E-state index in [1.165, 1.54) is 12.1 Å². The van der Waals surface area contributed by atoms with E-state index in [2.05, 4.69) is 15.3 Å². The summed E-state index contributed by atoms with van der Waals surface area (Å²) in [5, 5.41) is 2.77. The van der Waals surface area contributed by atoms with Crippen molar-refractivity contribution in [2.24, 2.45) is 0 Å². The molecule has 2 aromatic rings. The molecule has 1 aromatic heterocycles. The molecule has 0 spiro atoms. The van der Waals surface area contributed by atoms with E-state index in [0.717, 1.165) is 12.3 Å². The molecule has 0 aliphatic heterocycles. The Hall–Kier alpha value is -1.95. The van der Waals surface area contributed by atoms with Crippen molar-refractivity contribution in [2.45, 2.75) is 0 Å². The molecule has 0 fully saturated rings. The zero-order chi connectivity index (χ0) is 12.4. The zero-order valence-electron chi connectivity index (χ0n) is 8.42. The van der Waals surface area contributed by atoms with Gasteiger partial charge in [-0.2, -0.15) is 4.98 Å². The first-order valence-electron chi connectivity index (χ1n) is 4.56. The molecule has 0 amide bonds. The minimum atomic E-state index is -0.737. The first-order valence-corrected chi connectivity index (χ1v) is 4.94. The minimum Gasteiger partial charge on any atom is -0.368 e. The summed E-state index contributed by atoms with van der Waals surface area (Å²) in [6.45, 7) is 0. The fraction of sp³-hybridized carbons (Fsp3) is 0. The van der Waals surface area contributed by atoms with E-state index in [4.69, 9.17) is 17.3 Å². The smallest absolute Gasteiger partial charge is 0.222 e. The molecule has 0 saturated carbocycles. The molecular weight excluding hydrogens is 250 g/mol. The number of anilines is 3. The van der Waals surface area contributed by atoms with Crippen LogP contribution in [0.5, 0.6) is 0 Å². The number of nitrogen functional groups attached to an aromatic ring is 1. The van der Waals surface area contributed by atoms with Crippen molar-refractivity contribution in [3.63, 3.8) is 0 Å². The molecule has 0 atom stereocenters. The van der Waals surface area contributed by atoms with Gasteiger partial charge in [-0.25, -0.2) is 13.8 Å². The summed E-state index contributed by atoms with van der Waals surface area (Å²) in [4.78, 5) is 7.06. The molecule has 0 unspecified atom stereocenters. The maximum atomic E-state index is 13.4. The lowest BCUT2D eigenvalue weighted by atomic mass is 10.3. The third-order valence-corrected chi connectivity index (χ3v) is 2.18. The molecule has 4 nitrogen and oxygen atoms in total. The van der Waals surface area contributed by atoms with Gasteiger partial charge in [0.25, 0.3) is 0 Å². The molecule has 0 aliphatic rings. The molecule has 88 valence electrons. The van der Waals surface area contributed by atoms with Gasteiger partial charge in [0.1, 0.15) is 5.82 Å². The van der Waals surface area contributed by atoms with Crippen LogP contribution in [0, 0.1) is 11.6 Å². The number of halogens is 3. The number of benzene rings is 1. The second kappa shape index (κ2) is 4.50. The van der Waals surface area contributed by atoms with E-state index in [0.29, 0.717) is 5.02 Å². The van der Waals surface area contributed by atoms with Crippen LogP contribution in [-0.2, 0) is 0 Å². The first-order chi connectivity index (χ1) is 8.06. The Balaban J connectivity index is 2.37. The second-order valence-electron chi connectivity index (χ2n) is 3.17. The average molecular weight is 257 g/mol. The zero-order valence-corrected chi connectivity index (χ0v) is 9.17. The highest BCUT2D eigenvalue weighted by Gasteiger charge is 2.09. The molecule has 0 aliphatic carbocycles. The van der Waals surface area contributed by atoms with Crippen molar-refractivity contribution in [2.75, 3.05) is 11.1 Å². The summed E-state index contributed by atoms with van der Waals surface area (Å²) < 4.78 is 26.7. The highest BCUT2D eigenvalue weighted by atomic mass is 35.5. The number of nitrogens with one attached hydrogen (secondary N) is 1. The topological polar surface area (TPSA) is 63.8 Å². The number of rotatable bonds is 2. The van der Waals surface area contributed by atoms with Crippen LogP contribution in [0.15, 0.2) is 24.4 Å². The molecule has 17 heavy (non-hydrogen) atoms. The maximum Gasteiger partial charge on any atom is 0.222 e. The predicted molar refractivity (Wildman–Crippen MR) is 61.1 cm³/mol. The molecule has 1 heterocycles. The van der Waals surface area contributed by atoms with Crippen molar-refractivity contribution >= 4 is 29.1 Å². The summed E-state index contributed by atoms with van der Waals surface area (Å²) in [6.07, 6.45) is 0.896. The van der Waals surface area contributed by atoms with Crippen LogP contribution in [0.1, 0.15) is 0 Å². The Morgan fingerprint density at radius 2 is 2.00 bits per heavy atom. The first kappa shape index (κ1) is 11.5. The molecule has 2 rings (SSSR count). The summed E-state index contributed by atoms with van der Waals surface area (Å²) in [5.74, 6) is -1.64. The van der Waals surface area contributed by atoms with Crippen molar-refractivity contribution < 1.29 is 8.78 Å². The molecular formula is C10H7ClF2N4. The van der Waals surface area contributed by atoms with E-state index in [1.54, 1.807) is 0 Å². The van der Waals surface area contributed by atoms with Crippen LogP contribution in [0.25, 0.3) is 0 Å². The Morgan fingerprint density at radius 3 is 2.76 bits per heavy atom. The maximum absolute atomic E-state index is 13.4. The fourth-order valence-electron chi connectivity index (χ4n) is 1.19. The minimum absolute atomic E-state index is 0.00880. The summed E-state index contributed by atoms with van der Waals surface area (Å²) in [5.41, 5.74) is 5.31. The van der Waals surface area contributed by atoms with E-state index < -0.39 is 11.6 Å². The monoisotopic (exact) mass is 256 g/mol. The molecule has 3 N–H and O–H groups in total. The standard InChI is InChI=1S/C10H7ClF2N4/c11-5-1-2-6(12)8(3-5)16-9-7(13)4-15-10(14)17-9/h1-4H,(H3,14,15,16,17). The number of nitrogens with zero attached hydrogens (tertiary/aromatic N) is 2. The number of nitrogens with two attached hydrogens (primary N) is 1. The third kappa shape index (κ3) is 2.59. The van der Waals surface area contributed by atoms with Crippen molar-refractivity contribution in [3.05, 3.63) is 41.1 Å². The normalized spacial score (nSPS) is 10.3. The van der Waals surface area contributed by atoms with E-state index in [1.807, 2.05) is 0 Å². The lowest BCUT2D eigenvalue weighted by Gasteiger charge is -2.08. The Bertz CT molecular complexity index is 512. The van der Waals surface area contributed by atoms with Gasteiger partial charge in [0, 0.05) is 5.02 Å². The highest BCUT2D eigenvalue weighted by Crippen LogP contribution is 2.23. The molecule has 0 bridgehead atoms. The SMILES string of the molecule is Nc1ncc(F)c(Nc2cc(Cl)ccc2F)n1. The lowest BCUT2D eigenvalue weighted by Crippen LogP contribution is -2.03. The van der Waals surface area contributed by atoms with Crippen LogP contribution in [0.2, 0.25) is 5.02 Å². The quantitative estimate of drug-likeness (QED) is 0.867.